The highest BCUT2D eigenvalue weighted by Gasteiger charge is 2.30. The Kier molecular flexibility index (Phi) is 4.55. The molecule has 0 heterocycles. The average molecular weight is 262 g/mol. The second kappa shape index (κ2) is 5.72. The first-order valence-corrected chi connectivity index (χ1v) is 5.20. The number of halogens is 3. The fourth-order valence-corrected chi connectivity index (χ4v) is 1.45. The van der Waals surface area contributed by atoms with Gasteiger partial charge in [0.1, 0.15) is 0 Å². The van der Waals surface area contributed by atoms with Crippen LogP contribution >= 0.6 is 0 Å². The van der Waals surface area contributed by atoms with Gasteiger partial charge in [0, 0.05) is 12.6 Å². The molecule has 0 aliphatic heterocycles. The van der Waals surface area contributed by atoms with E-state index in [1.54, 1.807) is 0 Å². The maximum atomic E-state index is 12.5. The summed E-state index contributed by atoms with van der Waals surface area (Å²) in [6.07, 6.45) is -5.37. The van der Waals surface area contributed by atoms with Crippen molar-refractivity contribution in [3.8, 4) is 0 Å². The third kappa shape index (κ3) is 4.25. The molecule has 0 aromatic heterocycles. The Morgan fingerprint density at radius 2 is 2.11 bits per heavy atom. The largest absolute Gasteiger partial charge is 0.465 e. The van der Waals surface area contributed by atoms with Crippen LogP contribution in [0.4, 0.5) is 18.0 Å². The number of benzene rings is 1. The van der Waals surface area contributed by atoms with Gasteiger partial charge < -0.3 is 16.2 Å². The molecule has 1 aromatic rings. The molecule has 4 N–H and O–H groups in total. The number of nitrogens with two attached hydrogens (primary N) is 1. The molecule has 0 spiro atoms. The van der Waals surface area contributed by atoms with Gasteiger partial charge in [-0.25, -0.2) is 4.79 Å². The van der Waals surface area contributed by atoms with Crippen molar-refractivity contribution in [1.82, 2.24) is 5.32 Å². The van der Waals surface area contributed by atoms with Crippen LogP contribution in [0.25, 0.3) is 0 Å². The molecule has 0 saturated heterocycles. The van der Waals surface area contributed by atoms with E-state index in [4.69, 9.17) is 10.8 Å². The smallest absolute Gasteiger partial charge is 0.416 e. The lowest BCUT2D eigenvalue weighted by atomic mass is 10.0. The van der Waals surface area contributed by atoms with E-state index in [9.17, 15) is 18.0 Å². The van der Waals surface area contributed by atoms with Crippen LogP contribution in [0.3, 0.4) is 0 Å². The van der Waals surface area contributed by atoms with Crippen molar-refractivity contribution in [3.05, 3.63) is 35.4 Å². The first kappa shape index (κ1) is 14.3. The van der Waals surface area contributed by atoms with E-state index in [0.717, 1.165) is 12.1 Å². The van der Waals surface area contributed by atoms with Crippen LogP contribution in [0.5, 0.6) is 0 Å². The maximum Gasteiger partial charge on any atom is 0.416 e. The van der Waals surface area contributed by atoms with Gasteiger partial charge >= 0.3 is 12.3 Å². The van der Waals surface area contributed by atoms with Crippen molar-refractivity contribution in [3.63, 3.8) is 0 Å². The van der Waals surface area contributed by atoms with Crippen LogP contribution in [0.2, 0.25) is 0 Å². The van der Waals surface area contributed by atoms with Crippen LogP contribution in [0, 0.1) is 0 Å². The molecule has 1 amide bonds. The minimum atomic E-state index is -4.41. The van der Waals surface area contributed by atoms with Crippen molar-refractivity contribution < 1.29 is 23.1 Å². The lowest BCUT2D eigenvalue weighted by Gasteiger charge is -2.14. The van der Waals surface area contributed by atoms with Gasteiger partial charge in [-0.3, -0.25) is 0 Å². The SMILES string of the molecule is NC(CCNC(=O)O)c1cccc(C(F)(F)F)c1. The summed E-state index contributed by atoms with van der Waals surface area (Å²) in [6, 6.07) is 4.07. The zero-order chi connectivity index (χ0) is 13.8. The Bertz CT molecular complexity index is 421. The summed E-state index contributed by atoms with van der Waals surface area (Å²) < 4.78 is 37.4. The number of carboxylic acid groups (broad SMARTS) is 1. The van der Waals surface area contributed by atoms with Gasteiger partial charge in [0.25, 0.3) is 0 Å². The van der Waals surface area contributed by atoms with Gasteiger partial charge in [-0.15, -0.1) is 0 Å². The molecule has 0 saturated carbocycles. The number of carbonyl (C=O) groups is 1. The Labute approximate surface area is 102 Å². The predicted molar refractivity (Wildman–Crippen MR) is 59.0 cm³/mol. The van der Waals surface area contributed by atoms with E-state index < -0.39 is 23.9 Å². The topological polar surface area (TPSA) is 75.3 Å². The molecule has 100 valence electrons. The van der Waals surface area contributed by atoms with Gasteiger partial charge in [0.2, 0.25) is 0 Å². The Morgan fingerprint density at radius 1 is 1.44 bits per heavy atom. The van der Waals surface area contributed by atoms with Gasteiger partial charge in [0.15, 0.2) is 0 Å². The van der Waals surface area contributed by atoms with E-state index in [1.165, 1.54) is 12.1 Å². The monoisotopic (exact) mass is 262 g/mol. The highest BCUT2D eigenvalue weighted by molar-refractivity contribution is 5.64. The second-order valence-electron chi connectivity index (χ2n) is 3.75. The van der Waals surface area contributed by atoms with E-state index in [1.807, 2.05) is 0 Å². The van der Waals surface area contributed by atoms with Gasteiger partial charge in [-0.1, -0.05) is 12.1 Å². The van der Waals surface area contributed by atoms with Gasteiger partial charge in [0.05, 0.1) is 5.56 Å². The van der Waals surface area contributed by atoms with Gasteiger partial charge in [-0.05, 0) is 24.1 Å². The Hall–Kier alpha value is -1.76. The molecule has 1 atom stereocenters. The minimum Gasteiger partial charge on any atom is -0.465 e. The summed E-state index contributed by atoms with van der Waals surface area (Å²) >= 11 is 0. The van der Waals surface area contributed by atoms with Crippen LogP contribution in [-0.2, 0) is 6.18 Å². The van der Waals surface area contributed by atoms with E-state index in [-0.39, 0.29) is 13.0 Å². The molecule has 0 aliphatic carbocycles. The number of nitrogens with one attached hydrogen (secondary N) is 1. The molecule has 18 heavy (non-hydrogen) atoms. The van der Waals surface area contributed by atoms with E-state index in [2.05, 4.69) is 5.32 Å². The molecule has 1 rings (SSSR count). The van der Waals surface area contributed by atoms with Crippen LogP contribution in [0.1, 0.15) is 23.6 Å². The van der Waals surface area contributed by atoms with Crippen molar-refractivity contribution >= 4 is 6.09 Å². The third-order valence-electron chi connectivity index (χ3n) is 2.37. The van der Waals surface area contributed by atoms with E-state index >= 15 is 0 Å². The molecule has 0 radical (unpaired) electrons. The highest BCUT2D eigenvalue weighted by Crippen LogP contribution is 2.30. The third-order valence-corrected chi connectivity index (χ3v) is 2.37. The summed E-state index contributed by atoms with van der Waals surface area (Å²) in [5, 5.41) is 10.5. The van der Waals surface area contributed by atoms with Crippen molar-refractivity contribution in [1.29, 1.82) is 0 Å². The average Bonchev–Trinajstić information content (AvgIpc) is 2.27. The van der Waals surface area contributed by atoms with Crippen molar-refractivity contribution in [2.75, 3.05) is 6.54 Å². The number of alkyl halides is 3. The predicted octanol–water partition coefficient (Wildman–Crippen LogP) is 2.36. The fraction of sp³-hybridized carbons (Fsp3) is 0.364. The lowest BCUT2D eigenvalue weighted by molar-refractivity contribution is -0.137. The first-order valence-electron chi connectivity index (χ1n) is 5.20. The summed E-state index contributed by atoms with van der Waals surface area (Å²) in [5.74, 6) is 0. The molecule has 7 heteroatoms. The summed E-state index contributed by atoms with van der Waals surface area (Å²) in [6.45, 7) is 0.0900. The number of hydrogen-bond acceptors (Lipinski definition) is 2. The highest BCUT2D eigenvalue weighted by atomic mass is 19.4. The zero-order valence-electron chi connectivity index (χ0n) is 9.37. The molecular weight excluding hydrogens is 249 g/mol. The second-order valence-corrected chi connectivity index (χ2v) is 3.75. The molecule has 0 bridgehead atoms. The van der Waals surface area contributed by atoms with Crippen LogP contribution in [0.15, 0.2) is 24.3 Å². The minimum absolute atomic E-state index is 0.0900. The zero-order valence-corrected chi connectivity index (χ0v) is 9.37. The molecule has 0 aliphatic rings. The number of rotatable bonds is 4. The quantitative estimate of drug-likeness (QED) is 0.779. The Morgan fingerprint density at radius 3 is 2.67 bits per heavy atom. The van der Waals surface area contributed by atoms with Crippen LogP contribution in [-0.4, -0.2) is 17.7 Å². The molecular formula is C11H13F3N2O2. The lowest BCUT2D eigenvalue weighted by Crippen LogP contribution is -2.25. The number of hydrogen-bond donors (Lipinski definition) is 3. The van der Waals surface area contributed by atoms with Crippen molar-refractivity contribution in [2.24, 2.45) is 5.73 Å². The molecule has 0 fully saturated rings. The maximum absolute atomic E-state index is 12.5. The number of amides is 1. The van der Waals surface area contributed by atoms with Crippen molar-refractivity contribution in [2.45, 2.75) is 18.6 Å². The summed E-state index contributed by atoms with van der Waals surface area (Å²) in [7, 11) is 0. The molecule has 1 aromatic carbocycles. The first-order chi connectivity index (χ1) is 8.30. The standard InChI is InChI=1S/C11H13F3N2O2/c12-11(13,14)8-3-1-2-7(6-8)9(15)4-5-16-10(17)18/h1-3,6,9,16H,4-5,15H2,(H,17,18). The fourth-order valence-electron chi connectivity index (χ4n) is 1.45. The van der Waals surface area contributed by atoms with Gasteiger partial charge in [-0.2, -0.15) is 13.2 Å². The Balaban J connectivity index is 2.68. The van der Waals surface area contributed by atoms with E-state index in [0.29, 0.717) is 5.56 Å². The van der Waals surface area contributed by atoms with Crippen LogP contribution < -0.4 is 11.1 Å². The summed E-state index contributed by atoms with van der Waals surface area (Å²) in [4.78, 5) is 10.2. The molecule has 1 unspecified atom stereocenters. The summed E-state index contributed by atoms with van der Waals surface area (Å²) in [5.41, 5.74) is 5.26. The molecule has 4 nitrogen and oxygen atoms in total. The normalized spacial score (nSPS) is 13.1.